The highest BCUT2D eigenvalue weighted by Gasteiger charge is 2.18. The summed E-state index contributed by atoms with van der Waals surface area (Å²) in [5, 5.41) is 2.97. The van der Waals surface area contributed by atoms with Gasteiger partial charge in [0.1, 0.15) is 4.64 Å². The maximum absolute atomic E-state index is 13.2. The Hall–Kier alpha value is -1.56. The first-order valence-electron chi connectivity index (χ1n) is 5.67. The molecule has 102 valence electrons. The average molecular weight is 286 g/mol. The first-order valence-corrected chi connectivity index (χ1v) is 6.08. The molecular formula is C13H13F3N2S. The number of hydrogen-bond acceptors (Lipinski definition) is 1. The van der Waals surface area contributed by atoms with Gasteiger partial charge in [0.15, 0.2) is 17.5 Å². The van der Waals surface area contributed by atoms with Crippen LogP contribution >= 0.6 is 12.2 Å². The zero-order chi connectivity index (χ0) is 14.4. The SMILES string of the molecule is CC(C)(C)c1cc(=S)n(-c2cc(F)c(F)c(F)c2)[nH]1. The number of halogens is 3. The molecule has 6 heteroatoms. The van der Waals surface area contributed by atoms with Crippen LogP contribution in [-0.4, -0.2) is 9.78 Å². The van der Waals surface area contributed by atoms with Crippen LogP contribution in [-0.2, 0) is 5.41 Å². The van der Waals surface area contributed by atoms with Crippen LogP contribution in [0.4, 0.5) is 13.2 Å². The van der Waals surface area contributed by atoms with Crippen molar-refractivity contribution >= 4 is 12.2 Å². The molecule has 0 radical (unpaired) electrons. The molecule has 1 heterocycles. The van der Waals surface area contributed by atoms with Crippen molar-refractivity contribution in [3.8, 4) is 5.69 Å². The van der Waals surface area contributed by atoms with Gasteiger partial charge < -0.3 is 0 Å². The van der Waals surface area contributed by atoms with Crippen LogP contribution in [0.1, 0.15) is 26.5 Å². The van der Waals surface area contributed by atoms with Gasteiger partial charge in [-0.1, -0.05) is 33.0 Å². The summed E-state index contributed by atoms with van der Waals surface area (Å²) < 4.78 is 41.1. The third-order valence-corrected chi connectivity index (χ3v) is 3.06. The van der Waals surface area contributed by atoms with Gasteiger partial charge in [-0.25, -0.2) is 17.9 Å². The summed E-state index contributed by atoms with van der Waals surface area (Å²) in [6.45, 7) is 5.93. The highest BCUT2D eigenvalue weighted by atomic mass is 32.1. The maximum Gasteiger partial charge on any atom is 0.194 e. The zero-order valence-electron chi connectivity index (χ0n) is 10.7. The molecule has 1 aromatic heterocycles. The van der Waals surface area contributed by atoms with Crippen molar-refractivity contribution in [2.24, 2.45) is 0 Å². The van der Waals surface area contributed by atoms with Crippen molar-refractivity contribution in [3.05, 3.63) is 46.0 Å². The van der Waals surface area contributed by atoms with E-state index in [1.807, 2.05) is 20.8 Å². The molecule has 0 saturated heterocycles. The molecule has 2 nitrogen and oxygen atoms in total. The van der Waals surface area contributed by atoms with E-state index in [-0.39, 0.29) is 11.1 Å². The van der Waals surface area contributed by atoms with Crippen LogP contribution in [0.2, 0.25) is 0 Å². The van der Waals surface area contributed by atoms with E-state index in [0.717, 1.165) is 17.8 Å². The molecule has 19 heavy (non-hydrogen) atoms. The largest absolute Gasteiger partial charge is 0.296 e. The Balaban J connectivity index is 2.60. The van der Waals surface area contributed by atoms with Gasteiger partial charge in [-0.05, 0) is 6.07 Å². The van der Waals surface area contributed by atoms with E-state index >= 15 is 0 Å². The second-order valence-corrected chi connectivity index (χ2v) is 5.74. The van der Waals surface area contributed by atoms with Crippen molar-refractivity contribution in [1.29, 1.82) is 0 Å². The zero-order valence-corrected chi connectivity index (χ0v) is 11.5. The van der Waals surface area contributed by atoms with Crippen molar-refractivity contribution < 1.29 is 13.2 Å². The van der Waals surface area contributed by atoms with E-state index in [9.17, 15) is 13.2 Å². The minimum atomic E-state index is -1.49. The standard InChI is InChI=1S/C13H13F3N2S/c1-13(2,3)10-6-11(19)18(17-10)7-4-8(14)12(16)9(15)5-7/h4-6,17H,1-3H3. The first-order chi connectivity index (χ1) is 8.70. The molecule has 0 aliphatic carbocycles. The maximum atomic E-state index is 13.2. The van der Waals surface area contributed by atoms with Crippen LogP contribution in [0, 0.1) is 22.1 Å². The lowest BCUT2D eigenvalue weighted by Gasteiger charge is -2.15. The molecule has 0 atom stereocenters. The molecule has 0 saturated carbocycles. The van der Waals surface area contributed by atoms with E-state index in [1.54, 1.807) is 6.07 Å². The van der Waals surface area contributed by atoms with Crippen molar-refractivity contribution in [3.63, 3.8) is 0 Å². The molecule has 0 bridgehead atoms. The number of nitrogens with one attached hydrogen (secondary N) is 1. The number of rotatable bonds is 1. The fraction of sp³-hybridized carbons (Fsp3) is 0.308. The van der Waals surface area contributed by atoms with Crippen molar-refractivity contribution in [2.45, 2.75) is 26.2 Å². The minimum absolute atomic E-state index is 0.122. The van der Waals surface area contributed by atoms with Gasteiger partial charge in [-0.2, -0.15) is 0 Å². The quantitative estimate of drug-likeness (QED) is 0.614. The Morgan fingerprint density at radius 1 is 1.05 bits per heavy atom. The topological polar surface area (TPSA) is 20.7 Å². The van der Waals surface area contributed by atoms with E-state index < -0.39 is 17.5 Å². The van der Waals surface area contributed by atoms with Gasteiger partial charge in [0.25, 0.3) is 0 Å². The van der Waals surface area contributed by atoms with E-state index in [2.05, 4.69) is 5.10 Å². The number of hydrogen-bond donors (Lipinski definition) is 1. The Bertz CT molecular complexity index is 657. The number of aromatic nitrogens is 2. The van der Waals surface area contributed by atoms with Gasteiger partial charge in [0.05, 0.1) is 5.69 Å². The van der Waals surface area contributed by atoms with Crippen LogP contribution in [0.5, 0.6) is 0 Å². The average Bonchev–Trinajstić information content (AvgIpc) is 2.67. The fourth-order valence-electron chi connectivity index (χ4n) is 1.64. The van der Waals surface area contributed by atoms with Gasteiger partial charge >= 0.3 is 0 Å². The van der Waals surface area contributed by atoms with E-state index in [1.165, 1.54) is 4.68 Å². The molecule has 0 aliphatic heterocycles. The second kappa shape index (κ2) is 4.52. The molecule has 2 rings (SSSR count). The summed E-state index contributed by atoms with van der Waals surface area (Å²) in [5.41, 5.74) is 0.759. The van der Waals surface area contributed by atoms with Gasteiger partial charge in [0.2, 0.25) is 0 Å². The first kappa shape index (κ1) is 13.9. The predicted octanol–water partition coefficient (Wildman–Crippen LogP) is 4.25. The summed E-state index contributed by atoms with van der Waals surface area (Å²) in [6, 6.07) is 3.52. The molecule has 0 spiro atoms. The van der Waals surface area contributed by atoms with E-state index in [0.29, 0.717) is 4.64 Å². The predicted molar refractivity (Wildman–Crippen MR) is 69.5 cm³/mol. The summed E-state index contributed by atoms with van der Waals surface area (Å²) >= 11 is 5.14. The third kappa shape index (κ3) is 2.58. The Morgan fingerprint density at radius 2 is 1.58 bits per heavy atom. The summed E-state index contributed by atoms with van der Waals surface area (Å²) in [6.07, 6.45) is 0. The second-order valence-electron chi connectivity index (χ2n) is 5.32. The lowest BCUT2D eigenvalue weighted by atomic mass is 9.93. The van der Waals surface area contributed by atoms with Crippen LogP contribution in [0.15, 0.2) is 18.2 Å². The number of H-pyrrole nitrogens is 1. The molecule has 1 aromatic carbocycles. The lowest BCUT2D eigenvalue weighted by molar-refractivity contribution is 0.445. The van der Waals surface area contributed by atoms with Crippen LogP contribution < -0.4 is 0 Å². The Kier molecular flexibility index (Phi) is 3.30. The number of aromatic amines is 1. The summed E-state index contributed by atoms with van der Waals surface area (Å²) in [5.74, 6) is -3.98. The van der Waals surface area contributed by atoms with Gasteiger partial charge in [0, 0.05) is 23.2 Å². The van der Waals surface area contributed by atoms with Gasteiger partial charge in [-0.3, -0.25) is 5.10 Å². The number of benzene rings is 1. The monoisotopic (exact) mass is 286 g/mol. The van der Waals surface area contributed by atoms with Crippen LogP contribution in [0.25, 0.3) is 5.69 Å². The third-order valence-electron chi connectivity index (χ3n) is 2.76. The fourth-order valence-corrected chi connectivity index (χ4v) is 1.91. The molecule has 0 fully saturated rings. The lowest BCUT2D eigenvalue weighted by Crippen LogP contribution is -2.12. The molecular weight excluding hydrogens is 273 g/mol. The smallest absolute Gasteiger partial charge is 0.194 e. The highest BCUT2D eigenvalue weighted by molar-refractivity contribution is 7.71. The molecule has 1 N–H and O–H groups in total. The normalized spacial score (nSPS) is 11.9. The molecule has 0 unspecified atom stereocenters. The Morgan fingerprint density at radius 3 is 2.00 bits per heavy atom. The minimum Gasteiger partial charge on any atom is -0.296 e. The molecule has 2 aromatic rings. The summed E-state index contributed by atoms with van der Waals surface area (Å²) in [7, 11) is 0. The summed E-state index contributed by atoms with van der Waals surface area (Å²) in [4.78, 5) is 0. The highest BCUT2D eigenvalue weighted by Crippen LogP contribution is 2.23. The van der Waals surface area contributed by atoms with Crippen molar-refractivity contribution in [1.82, 2.24) is 9.78 Å². The molecule has 0 aliphatic rings. The van der Waals surface area contributed by atoms with Crippen LogP contribution in [0.3, 0.4) is 0 Å². The number of nitrogens with zero attached hydrogens (tertiary/aromatic N) is 1. The van der Waals surface area contributed by atoms with Crippen molar-refractivity contribution in [2.75, 3.05) is 0 Å². The van der Waals surface area contributed by atoms with E-state index in [4.69, 9.17) is 12.2 Å². The Labute approximate surface area is 113 Å². The molecule has 0 amide bonds. The van der Waals surface area contributed by atoms with Gasteiger partial charge in [-0.15, -0.1) is 0 Å².